The SMILES string of the molecule is C[Si](C)(C)/C(F)=C(/[Se]c1ccccc1)[Se]c1ccc(C(F)(F)F)cc1. The minimum absolute atomic E-state index is 0.0174. The van der Waals surface area contributed by atoms with Crippen LogP contribution >= 0.6 is 0 Å². The summed E-state index contributed by atoms with van der Waals surface area (Å²) in [6, 6.07) is 14.8. The molecule has 7 heteroatoms. The molecule has 0 aliphatic rings. The maximum absolute atomic E-state index is 15.0. The third kappa shape index (κ3) is 6.12. The van der Waals surface area contributed by atoms with Crippen LogP contribution in [-0.2, 0) is 6.18 Å². The normalized spacial score (nSPS) is 13.6. The first kappa shape index (κ1) is 20.5. The number of halogens is 4. The first-order valence-electron chi connectivity index (χ1n) is 7.55. The zero-order chi connectivity index (χ0) is 18.7. The van der Waals surface area contributed by atoms with Crippen molar-refractivity contribution in [3.05, 3.63) is 69.0 Å². The predicted octanol–water partition coefficient (Wildman–Crippen LogP) is 4.08. The van der Waals surface area contributed by atoms with Gasteiger partial charge in [-0.1, -0.05) is 0 Å². The van der Waals surface area contributed by atoms with Crippen molar-refractivity contribution in [1.29, 1.82) is 0 Å². The van der Waals surface area contributed by atoms with E-state index in [0.29, 0.717) is 0 Å². The molecule has 0 aromatic heterocycles. The number of hydrogen-bond donors (Lipinski definition) is 0. The molecule has 0 N–H and O–H groups in total. The van der Waals surface area contributed by atoms with E-state index in [0.717, 1.165) is 24.4 Å². The van der Waals surface area contributed by atoms with Gasteiger partial charge in [0.2, 0.25) is 0 Å². The van der Waals surface area contributed by atoms with Crippen LogP contribution in [0.15, 0.2) is 63.4 Å². The summed E-state index contributed by atoms with van der Waals surface area (Å²) in [6.45, 7) is 5.85. The standard InChI is InChI=1S/C18H18F4Se2Si/c1-25(2,3)16(19)17(23-14-7-5-4-6-8-14)24-15-11-9-13(10-12-15)18(20,21)22/h4-12H,1-3H3/b17-16-. The molecule has 0 atom stereocenters. The van der Waals surface area contributed by atoms with Crippen LogP contribution in [0.5, 0.6) is 0 Å². The van der Waals surface area contributed by atoms with Crippen LogP contribution in [0, 0.1) is 0 Å². The van der Waals surface area contributed by atoms with E-state index in [4.69, 9.17) is 0 Å². The molecule has 0 saturated carbocycles. The fraction of sp³-hybridized carbons (Fsp3) is 0.222. The van der Waals surface area contributed by atoms with Gasteiger partial charge in [0.1, 0.15) is 0 Å². The molecule has 0 fully saturated rings. The molecule has 0 aliphatic carbocycles. The fourth-order valence-electron chi connectivity index (χ4n) is 1.83. The second kappa shape index (κ2) is 8.23. The Hall–Kier alpha value is -0.844. The van der Waals surface area contributed by atoms with Gasteiger partial charge in [0, 0.05) is 0 Å². The van der Waals surface area contributed by atoms with Crippen molar-refractivity contribution in [1.82, 2.24) is 0 Å². The molecule has 0 unspecified atom stereocenters. The summed E-state index contributed by atoms with van der Waals surface area (Å²) in [5, 5.41) is 0. The first-order valence-corrected chi connectivity index (χ1v) is 14.5. The first-order chi connectivity index (χ1) is 11.6. The van der Waals surface area contributed by atoms with Gasteiger partial charge in [-0.25, -0.2) is 0 Å². The van der Waals surface area contributed by atoms with E-state index in [1.165, 1.54) is 12.1 Å². The Labute approximate surface area is 159 Å². The van der Waals surface area contributed by atoms with E-state index < -0.39 is 19.8 Å². The average Bonchev–Trinajstić information content (AvgIpc) is 2.53. The molecule has 0 bridgehead atoms. The van der Waals surface area contributed by atoms with Crippen LogP contribution < -0.4 is 8.92 Å². The fourth-order valence-corrected chi connectivity index (χ4v) is 11.9. The van der Waals surface area contributed by atoms with E-state index in [9.17, 15) is 13.2 Å². The van der Waals surface area contributed by atoms with Crippen molar-refractivity contribution in [2.45, 2.75) is 25.8 Å². The predicted molar refractivity (Wildman–Crippen MR) is 100 cm³/mol. The number of benzene rings is 2. The number of rotatable bonds is 5. The molecule has 0 heterocycles. The monoisotopic (exact) mass is 498 g/mol. The van der Waals surface area contributed by atoms with Gasteiger partial charge in [0.05, 0.1) is 0 Å². The van der Waals surface area contributed by atoms with Crippen LogP contribution in [0.3, 0.4) is 0 Å². The Morgan fingerprint density at radius 1 is 0.800 bits per heavy atom. The molecule has 0 aliphatic heterocycles. The van der Waals surface area contributed by atoms with Gasteiger partial charge in [-0.3, -0.25) is 0 Å². The Morgan fingerprint density at radius 2 is 1.28 bits per heavy atom. The van der Waals surface area contributed by atoms with E-state index in [-0.39, 0.29) is 35.4 Å². The molecule has 2 aromatic carbocycles. The summed E-state index contributed by atoms with van der Waals surface area (Å²) in [4.78, 5) is 0. The second-order valence-corrected chi connectivity index (χ2v) is 17.2. The summed E-state index contributed by atoms with van der Waals surface area (Å²) in [5.41, 5.74) is -0.687. The van der Waals surface area contributed by atoms with E-state index >= 15 is 4.39 Å². The quantitative estimate of drug-likeness (QED) is 0.433. The summed E-state index contributed by atoms with van der Waals surface area (Å²) < 4.78 is 55.7. The summed E-state index contributed by atoms with van der Waals surface area (Å²) in [7, 11) is -2.11. The van der Waals surface area contributed by atoms with Crippen molar-refractivity contribution in [3.8, 4) is 0 Å². The van der Waals surface area contributed by atoms with Crippen molar-refractivity contribution in [2.75, 3.05) is 0 Å². The third-order valence-corrected chi connectivity index (χ3v) is 11.0. The van der Waals surface area contributed by atoms with Gasteiger partial charge in [-0.05, 0) is 0 Å². The zero-order valence-electron chi connectivity index (χ0n) is 14.0. The van der Waals surface area contributed by atoms with Crippen LogP contribution in [-0.4, -0.2) is 38.0 Å². The van der Waals surface area contributed by atoms with Crippen molar-refractivity contribution >= 4 is 46.9 Å². The summed E-state index contributed by atoms with van der Waals surface area (Å²) >= 11 is -0.474. The molecule has 2 rings (SSSR count). The van der Waals surface area contributed by atoms with Gasteiger partial charge in [-0.15, -0.1) is 0 Å². The van der Waals surface area contributed by atoms with Crippen LogP contribution in [0.1, 0.15) is 5.56 Å². The second-order valence-electron chi connectivity index (χ2n) is 6.39. The van der Waals surface area contributed by atoms with E-state index in [1.807, 2.05) is 50.0 Å². The molecule has 0 saturated heterocycles. The molecule has 0 spiro atoms. The molecule has 2 aromatic rings. The Morgan fingerprint density at radius 3 is 1.72 bits per heavy atom. The minimum atomic E-state index is -4.35. The van der Waals surface area contributed by atoms with Crippen LogP contribution in [0.25, 0.3) is 0 Å². The molecule has 0 nitrogen and oxygen atoms in total. The number of alkyl halides is 3. The van der Waals surface area contributed by atoms with Gasteiger partial charge in [0.25, 0.3) is 0 Å². The van der Waals surface area contributed by atoms with Gasteiger partial charge < -0.3 is 0 Å². The van der Waals surface area contributed by atoms with E-state index in [1.54, 1.807) is 0 Å². The molecule has 25 heavy (non-hydrogen) atoms. The van der Waals surface area contributed by atoms with Gasteiger partial charge in [-0.2, -0.15) is 0 Å². The van der Waals surface area contributed by atoms with Crippen LogP contribution in [0.2, 0.25) is 19.6 Å². The average molecular weight is 496 g/mol. The van der Waals surface area contributed by atoms with Crippen molar-refractivity contribution in [2.24, 2.45) is 0 Å². The van der Waals surface area contributed by atoms with Crippen molar-refractivity contribution in [3.63, 3.8) is 0 Å². The Balaban J connectivity index is 2.31. The maximum atomic E-state index is 15.0. The molecule has 134 valence electrons. The zero-order valence-corrected chi connectivity index (χ0v) is 18.5. The Bertz CT molecular complexity index is 732. The molecule has 0 radical (unpaired) electrons. The third-order valence-electron chi connectivity index (χ3n) is 3.18. The number of hydrogen-bond acceptors (Lipinski definition) is 0. The van der Waals surface area contributed by atoms with Gasteiger partial charge >= 0.3 is 159 Å². The topological polar surface area (TPSA) is 0 Å². The molecular formula is C18H18F4Se2Si. The molecule has 0 amide bonds. The van der Waals surface area contributed by atoms with E-state index in [2.05, 4.69) is 0 Å². The summed E-state index contributed by atoms with van der Waals surface area (Å²) in [5.74, 6) is 0. The molecular weight excluding hydrogens is 478 g/mol. The van der Waals surface area contributed by atoms with Crippen molar-refractivity contribution < 1.29 is 17.6 Å². The summed E-state index contributed by atoms with van der Waals surface area (Å²) in [6.07, 6.45) is -4.35. The Kier molecular flexibility index (Phi) is 6.74. The van der Waals surface area contributed by atoms with Gasteiger partial charge in [0.15, 0.2) is 0 Å². The van der Waals surface area contributed by atoms with Crippen LogP contribution in [0.4, 0.5) is 17.6 Å².